The van der Waals surface area contributed by atoms with Gasteiger partial charge in [-0.2, -0.15) is 0 Å². The van der Waals surface area contributed by atoms with Crippen LogP contribution in [0.4, 0.5) is 11.5 Å². The predicted molar refractivity (Wildman–Crippen MR) is 135 cm³/mol. The number of carbonyl (C=O) groups excluding carboxylic acids is 3. The highest BCUT2D eigenvalue weighted by Gasteiger charge is 2.47. The van der Waals surface area contributed by atoms with Crippen LogP contribution in [0.1, 0.15) is 40.2 Å². The molecule has 3 atom stereocenters. The summed E-state index contributed by atoms with van der Waals surface area (Å²) >= 11 is 1.41. The number of nitrogens with two attached hydrogens (primary N) is 1. The molecule has 4 rings (SSSR count). The summed E-state index contributed by atoms with van der Waals surface area (Å²) in [5, 5.41) is 1.86. The number of aromatic nitrogens is 2. The van der Waals surface area contributed by atoms with Crippen molar-refractivity contribution in [3.8, 4) is 0 Å². The summed E-state index contributed by atoms with van der Waals surface area (Å²) in [7, 11) is 2.56. The fourth-order valence-electron chi connectivity index (χ4n) is 4.35. The highest BCUT2D eigenvalue weighted by Crippen LogP contribution is 2.43. The van der Waals surface area contributed by atoms with Crippen molar-refractivity contribution in [3.05, 3.63) is 78.6 Å². The number of carbonyl (C=O) groups is 3. The normalized spacial score (nSPS) is 18.3. The van der Waals surface area contributed by atoms with Gasteiger partial charge >= 0.3 is 11.7 Å². The zero-order chi connectivity index (χ0) is 26.3. The number of nitrogen functional groups attached to an aromatic ring is 1. The lowest BCUT2D eigenvalue weighted by Crippen LogP contribution is -2.43. The van der Waals surface area contributed by atoms with E-state index in [1.54, 1.807) is 4.90 Å². The van der Waals surface area contributed by atoms with Crippen molar-refractivity contribution >= 4 is 40.5 Å². The first-order chi connectivity index (χ1) is 17.0. The van der Waals surface area contributed by atoms with Crippen LogP contribution in [-0.4, -0.2) is 32.9 Å². The number of hydrogen-bond acceptors (Lipinski definition) is 8. The number of Topliss-reactive ketones (excluding diaryl/α,β-unsaturated/α-hetero) is 1. The van der Waals surface area contributed by atoms with Crippen LogP contribution < -0.4 is 21.9 Å². The summed E-state index contributed by atoms with van der Waals surface area (Å²) in [6.07, 6.45) is -1.46. The van der Waals surface area contributed by atoms with Gasteiger partial charge in [0.05, 0.1) is 12.0 Å². The van der Waals surface area contributed by atoms with E-state index in [2.05, 4.69) is 0 Å². The number of anilines is 2. The number of nitrogens with zero attached hydrogens (tertiary/aromatic N) is 3. The molecule has 36 heavy (non-hydrogen) atoms. The molecular formula is C25H26N4O6S. The smallest absolute Gasteiger partial charge is 0.332 e. The maximum absolute atomic E-state index is 13.3. The molecule has 11 heteroatoms. The van der Waals surface area contributed by atoms with E-state index in [0.29, 0.717) is 5.69 Å². The third-order valence-corrected chi connectivity index (χ3v) is 7.33. The predicted octanol–water partition coefficient (Wildman–Crippen LogP) is 1.94. The number of amides is 1. The Morgan fingerprint density at radius 2 is 1.75 bits per heavy atom. The van der Waals surface area contributed by atoms with E-state index in [1.165, 1.54) is 32.4 Å². The molecule has 3 heterocycles. The maximum atomic E-state index is 13.3. The first-order valence-corrected chi connectivity index (χ1v) is 12.1. The second-order valence-electron chi connectivity index (χ2n) is 8.78. The quantitative estimate of drug-likeness (QED) is 0.396. The second kappa shape index (κ2) is 9.57. The maximum Gasteiger partial charge on any atom is 0.332 e. The minimum absolute atomic E-state index is 0.0973. The van der Waals surface area contributed by atoms with Crippen LogP contribution in [0.15, 0.2) is 51.4 Å². The average Bonchev–Trinajstić information content (AvgIpc) is 3.50. The molecule has 2 aromatic heterocycles. The Morgan fingerprint density at radius 1 is 1.08 bits per heavy atom. The van der Waals surface area contributed by atoms with Gasteiger partial charge in [-0.25, -0.2) is 4.79 Å². The summed E-state index contributed by atoms with van der Waals surface area (Å²) in [4.78, 5) is 66.5. The molecule has 1 amide bonds. The number of benzene rings is 1. The minimum atomic E-state index is -1.36. The number of aryl methyl sites for hydroxylation is 1. The molecule has 3 aromatic rings. The van der Waals surface area contributed by atoms with Crippen molar-refractivity contribution in [2.45, 2.75) is 32.4 Å². The molecular weight excluding hydrogens is 484 g/mol. The van der Waals surface area contributed by atoms with Crippen LogP contribution in [0, 0.1) is 12.8 Å². The number of thiophene rings is 1. The summed E-state index contributed by atoms with van der Waals surface area (Å²) in [5.41, 5.74) is 5.58. The van der Waals surface area contributed by atoms with Gasteiger partial charge < -0.3 is 15.4 Å². The number of ether oxygens (including phenoxy) is 1. The van der Waals surface area contributed by atoms with Gasteiger partial charge in [0, 0.05) is 31.1 Å². The minimum Gasteiger partial charge on any atom is -0.454 e. The number of rotatable bonds is 6. The third-order valence-electron chi connectivity index (χ3n) is 6.39. The van der Waals surface area contributed by atoms with Crippen LogP contribution in [-0.2, 0) is 28.4 Å². The fraction of sp³-hybridized carbons (Fsp3) is 0.320. The van der Waals surface area contributed by atoms with Gasteiger partial charge in [-0.1, -0.05) is 23.8 Å². The molecule has 10 nitrogen and oxygen atoms in total. The van der Waals surface area contributed by atoms with E-state index in [0.717, 1.165) is 19.6 Å². The van der Waals surface area contributed by atoms with Gasteiger partial charge in [0.2, 0.25) is 11.7 Å². The lowest BCUT2D eigenvalue weighted by molar-refractivity contribution is -0.151. The molecule has 1 aromatic carbocycles. The van der Waals surface area contributed by atoms with Crippen LogP contribution in [0.3, 0.4) is 0 Å². The van der Waals surface area contributed by atoms with E-state index in [9.17, 15) is 24.0 Å². The van der Waals surface area contributed by atoms with Crippen molar-refractivity contribution in [2.75, 3.05) is 10.6 Å². The molecule has 1 aliphatic heterocycles. The third kappa shape index (κ3) is 4.26. The topological polar surface area (TPSA) is 134 Å². The van der Waals surface area contributed by atoms with Crippen LogP contribution in [0.5, 0.6) is 0 Å². The van der Waals surface area contributed by atoms with E-state index < -0.39 is 46.6 Å². The lowest BCUT2D eigenvalue weighted by atomic mass is 9.98. The number of hydrogen-bond donors (Lipinski definition) is 1. The highest BCUT2D eigenvalue weighted by atomic mass is 32.1. The van der Waals surface area contributed by atoms with Gasteiger partial charge in [0.1, 0.15) is 11.4 Å². The van der Waals surface area contributed by atoms with Gasteiger partial charge in [-0.3, -0.25) is 28.3 Å². The molecule has 0 aliphatic carbocycles. The Hall–Kier alpha value is -3.99. The molecule has 2 N–H and O–H groups in total. The Bertz CT molecular complexity index is 1460. The molecule has 1 saturated heterocycles. The molecule has 1 aliphatic rings. The Kier molecular flexibility index (Phi) is 6.68. The summed E-state index contributed by atoms with van der Waals surface area (Å²) in [6.45, 7) is 3.27. The van der Waals surface area contributed by atoms with E-state index in [4.69, 9.17) is 10.5 Å². The molecule has 0 radical (unpaired) electrons. The second-order valence-corrected chi connectivity index (χ2v) is 9.76. The molecule has 0 spiro atoms. The van der Waals surface area contributed by atoms with Crippen molar-refractivity contribution in [1.29, 1.82) is 0 Å². The number of esters is 1. The van der Waals surface area contributed by atoms with Gasteiger partial charge in [-0.15, -0.1) is 11.3 Å². The fourth-order valence-corrected chi connectivity index (χ4v) is 5.23. The van der Waals surface area contributed by atoms with Crippen LogP contribution >= 0.6 is 11.3 Å². The Labute approximate surface area is 210 Å². The lowest BCUT2D eigenvalue weighted by Gasteiger charge is -2.27. The highest BCUT2D eigenvalue weighted by molar-refractivity contribution is 7.10. The van der Waals surface area contributed by atoms with Gasteiger partial charge in [-0.05, 0) is 37.4 Å². The van der Waals surface area contributed by atoms with Crippen molar-refractivity contribution < 1.29 is 19.1 Å². The van der Waals surface area contributed by atoms with Crippen LogP contribution in [0.25, 0.3) is 0 Å². The molecule has 0 saturated carbocycles. The van der Waals surface area contributed by atoms with E-state index in [1.807, 2.05) is 48.7 Å². The molecule has 0 unspecified atom stereocenters. The van der Waals surface area contributed by atoms with E-state index >= 15 is 0 Å². The zero-order valence-electron chi connectivity index (χ0n) is 20.3. The molecule has 0 bridgehead atoms. The van der Waals surface area contributed by atoms with Gasteiger partial charge in [0.15, 0.2) is 6.10 Å². The summed E-state index contributed by atoms with van der Waals surface area (Å²) < 4.78 is 7.24. The Balaban J connectivity index is 1.64. The Morgan fingerprint density at radius 3 is 2.36 bits per heavy atom. The van der Waals surface area contributed by atoms with E-state index in [-0.39, 0.29) is 18.1 Å². The molecule has 188 valence electrons. The SMILES string of the molecule is Cc1ccc(N2C(=O)C[C@@H](C(=O)O[C@H](C)C(=O)c3c(N)n(C)c(=O)n(C)c3=O)[C@@H]2c2cccs2)cc1. The zero-order valence-corrected chi connectivity index (χ0v) is 21.1. The monoisotopic (exact) mass is 510 g/mol. The van der Waals surface area contributed by atoms with Crippen molar-refractivity contribution in [2.24, 2.45) is 20.0 Å². The van der Waals surface area contributed by atoms with Crippen molar-refractivity contribution in [1.82, 2.24) is 9.13 Å². The molecule has 1 fully saturated rings. The van der Waals surface area contributed by atoms with Gasteiger partial charge in [0.25, 0.3) is 5.56 Å². The summed E-state index contributed by atoms with van der Waals surface area (Å²) in [6, 6.07) is 10.5. The summed E-state index contributed by atoms with van der Waals surface area (Å²) in [5.74, 6) is -2.99. The first-order valence-electron chi connectivity index (χ1n) is 11.2. The largest absolute Gasteiger partial charge is 0.454 e. The van der Waals surface area contributed by atoms with Crippen LogP contribution in [0.2, 0.25) is 0 Å². The standard InChI is InChI=1S/C25H26N4O6S/c1-13-7-9-15(10-8-13)29-18(30)12-16(20(29)17-6-5-11-36-17)24(33)35-14(2)21(31)19-22(26)27(3)25(34)28(4)23(19)32/h5-11,14,16,20H,12,26H2,1-4H3/t14-,16-,20-/m1/s1. The first kappa shape index (κ1) is 25.1. The van der Waals surface area contributed by atoms with Crippen molar-refractivity contribution in [3.63, 3.8) is 0 Å². The number of ketones is 1. The average molecular weight is 511 g/mol.